The van der Waals surface area contributed by atoms with Crippen LogP contribution in [0.1, 0.15) is 19.3 Å². The second-order valence-corrected chi connectivity index (χ2v) is 2.29. The third kappa shape index (κ3) is 4.72. The molecule has 0 fully saturated rings. The van der Waals surface area contributed by atoms with Gasteiger partial charge in [0.1, 0.15) is 6.04 Å². The van der Waals surface area contributed by atoms with Crippen LogP contribution in [0.3, 0.4) is 0 Å². The number of aliphatic carboxylic acids is 1. The molecule has 0 saturated carbocycles. The van der Waals surface area contributed by atoms with Crippen LogP contribution in [0.15, 0.2) is 0 Å². The van der Waals surface area contributed by atoms with Crippen molar-refractivity contribution in [2.45, 2.75) is 25.3 Å². The SMILES string of the molecule is [2H]ON[C@@H](CCCCN)C(=O)O. The lowest BCUT2D eigenvalue weighted by molar-refractivity contribution is -0.142. The molecule has 0 spiro atoms. The van der Waals surface area contributed by atoms with Gasteiger partial charge in [0.25, 0.3) is 0 Å². The number of carboxylic acid groups (broad SMARTS) is 1. The zero-order valence-electron chi connectivity index (χ0n) is 7.25. The molecule has 11 heavy (non-hydrogen) atoms. The van der Waals surface area contributed by atoms with Crippen LogP contribution in [-0.2, 0) is 4.79 Å². The van der Waals surface area contributed by atoms with Crippen molar-refractivity contribution in [2.24, 2.45) is 5.73 Å². The minimum atomic E-state index is -1.01. The lowest BCUT2D eigenvalue weighted by atomic mass is 10.1. The predicted molar refractivity (Wildman–Crippen MR) is 39.3 cm³/mol. The van der Waals surface area contributed by atoms with Crippen molar-refractivity contribution in [1.29, 1.82) is 0 Å². The second-order valence-electron chi connectivity index (χ2n) is 2.29. The van der Waals surface area contributed by atoms with Crippen LogP contribution in [0.2, 0.25) is 1.43 Å². The van der Waals surface area contributed by atoms with E-state index in [9.17, 15) is 4.79 Å². The number of carboxylic acids is 1. The van der Waals surface area contributed by atoms with Gasteiger partial charge in [-0.2, -0.15) is 5.48 Å². The van der Waals surface area contributed by atoms with Gasteiger partial charge in [0.05, 0.1) is 0 Å². The number of hydrogen-bond donors (Lipinski definition) is 4. The molecule has 0 heterocycles. The largest absolute Gasteiger partial charge is 0.480 e. The summed E-state index contributed by atoms with van der Waals surface area (Å²) in [6.45, 7) is 0.550. The number of carbonyl (C=O) groups is 1. The Kier molecular flexibility index (Phi) is 4.67. The number of nitrogens with two attached hydrogens (primary N) is 1. The van der Waals surface area contributed by atoms with Crippen molar-refractivity contribution in [3.05, 3.63) is 0 Å². The molecule has 5 nitrogen and oxygen atoms in total. The first kappa shape index (κ1) is 8.45. The van der Waals surface area contributed by atoms with Crippen molar-refractivity contribution >= 4 is 5.97 Å². The molecule has 0 saturated heterocycles. The lowest BCUT2D eigenvalue weighted by Crippen LogP contribution is -2.34. The molecule has 0 aliphatic rings. The zero-order chi connectivity index (χ0) is 9.40. The summed E-state index contributed by atoms with van der Waals surface area (Å²) in [7, 11) is 0. The van der Waals surface area contributed by atoms with Crippen LogP contribution in [0.5, 0.6) is 0 Å². The highest BCUT2D eigenvalue weighted by atomic mass is 16.5. The fourth-order valence-corrected chi connectivity index (χ4v) is 0.726. The highest BCUT2D eigenvalue weighted by Crippen LogP contribution is 1.99. The number of unbranched alkanes of at least 4 members (excludes halogenated alkanes) is 1. The van der Waals surface area contributed by atoms with Crippen molar-refractivity contribution in [3.63, 3.8) is 0 Å². The Morgan fingerprint density at radius 2 is 2.45 bits per heavy atom. The van der Waals surface area contributed by atoms with Gasteiger partial charge in [-0.25, -0.2) is 0 Å². The van der Waals surface area contributed by atoms with Crippen LogP contribution in [0.25, 0.3) is 0 Å². The van der Waals surface area contributed by atoms with Gasteiger partial charge in [0.15, 0.2) is 0 Å². The fraction of sp³-hybridized carbons (Fsp3) is 0.833. The van der Waals surface area contributed by atoms with Gasteiger partial charge in [-0.3, -0.25) is 4.79 Å². The molecular formula is C6H14N2O3. The zero-order valence-corrected chi connectivity index (χ0v) is 6.25. The molecule has 0 unspecified atom stereocenters. The normalized spacial score (nSPS) is 14.1. The average Bonchev–Trinajstić information content (AvgIpc) is 2.03. The third-order valence-electron chi connectivity index (χ3n) is 1.39. The van der Waals surface area contributed by atoms with E-state index in [1.54, 1.807) is 0 Å². The minimum Gasteiger partial charge on any atom is -0.480 e. The number of nitrogens with one attached hydrogen (secondary N) is 1. The molecule has 0 amide bonds. The maximum Gasteiger partial charge on any atom is 0.323 e. The van der Waals surface area contributed by atoms with Gasteiger partial charge in [-0.05, 0) is 25.8 Å². The molecule has 0 aromatic heterocycles. The molecule has 0 aliphatic carbocycles. The van der Waals surface area contributed by atoms with Crippen molar-refractivity contribution in [3.8, 4) is 0 Å². The average molecular weight is 163 g/mol. The molecular weight excluding hydrogens is 148 g/mol. The monoisotopic (exact) mass is 163 g/mol. The van der Waals surface area contributed by atoms with E-state index in [0.717, 1.165) is 6.42 Å². The maximum absolute atomic E-state index is 10.4. The van der Waals surface area contributed by atoms with E-state index in [1.165, 1.54) is 0 Å². The van der Waals surface area contributed by atoms with Crippen LogP contribution in [-0.4, -0.2) is 28.9 Å². The van der Waals surface area contributed by atoms with Crippen molar-refractivity contribution in [2.75, 3.05) is 6.54 Å². The Labute approximate surface area is 66.6 Å². The Bertz CT molecular complexity index is 134. The van der Waals surface area contributed by atoms with Gasteiger partial charge >= 0.3 is 5.97 Å². The molecule has 5 N–H and O–H groups in total. The van der Waals surface area contributed by atoms with E-state index in [4.69, 9.17) is 12.3 Å². The first-order valence-electron chi connectivity index (χ1n) is 3.93. The molecule has 0 bridgehead atoms. The highest BCUT2D eigenvalue weighted by Gasteiger charge is 2.14. The van der Waals surface area contributed by atoms with E-state index >= 15 is 0 Å². The second kappa shape index (κ2) is 6.09. The van der Waals surface area contributed by atoms with E-state index in [2.05, 4.69) is 10.7 Å². The smallest absolute Gasteiger partial charge is 0.323 e. The molecule has 0 radical (unpaired) electrons. The highest BCUT2D eigenvalue weighted by molar-refractivity contribution is 5.73. The molecule has 0 rings (SSSR count). The van der Waals surface area contributed by atoms with Gasteiger partial charge in [-0.1, -0.05) is 0 Å². The quantitative estimate of drug-likeness (QED) is 0.301. The summed E-state index contributed by atoms with van der Waals surface area (Å²) in [5, 5.41) is 12.3. The summed E-state index contributed by atoms with van der Waals surface area (Å²) in [5.41, 5.74) is 7.30. The Balaban J connectivity index is 3.56. The van der Waals surface area contributed by atoms with Crippen molar-refractivity contribution < 1.29 is 16.5 Å². The first-order chi connectivity index (χ1) is 5.72. The van der Waals surface area contributed by atoms with E-state index < -0.39 is 12.0 Å². The molecule has 0 aromatic rings. The summed E-state index contributed by atoms with van der Waals surface area (Å²) in [4.78, 5) is 10.4. The van der Waals surface area contributed by atoms with Crippen LogP contribution < -0.4 is 11.2 Å². The predicted octanol–water partition coefficient (Wildman–Crippen LogP) is -0.453. The Hall–Kier alpha value is -0.650. The fourth-order valence-electron chi connectivity index (χ4n) is 0.726. The Morgan fingerprint density at radius 3 is 2.91 bits per heavy atom. The molecule has 5 heteroatoms. The van der Waals surface area contributed by atoms with Crippen LogP contribution in [0.4, 0.5) is 0 Å². The molecule has 0 aliphatic heterocycles. The lowest BCUT2D eigenvalue weighted by Gasteiger charge is -2.08. The topological polar surface area (TPSA) is 95.6 Å². The number of rotatable bonds is 7. The number of hydrogen-bond acceptors (Lipinski definition) is 4. The van der Waals surface area contributed by atoms with Gasteiger partial charge < -0.3 is 16.0 Å². The van der Waals surface area contributed by atoms with E-state index in [1.807, 2.05) is 0 Å². The number of hydroxylamine groups is 1. The van der Waals surface area contributed by atoms with Crippen LogP contribution in [0, 0.1) is 0 Å². The summed E-state index contributed by atoms with van der Waals surface area (Å²) >= 11 is 0. The summed E-state index contributed by atoms with van der Waals surface area (Å²) in [5.74, 6) is -1.01. The summed E-state index contributed by atoms with van der Waals surface area (Å²) in [6, 6.07) is -0.811. The van der Waals surface area contributed by atoms with Gasteiger partial charge in [0.2, 0.25) is 1.43 Å². The standard InChI is InChI=1S/C6H14N2O3/c7-4-2-1-3-5(8-11)6(9)10/h5,8,11H,1-4,7H2,(H,9,10)/t5-/m0/s1/i11D. The van der Waals surface area contributed by atoms with Crippen molar-refractivity contribution in [1.82, 2.24) is 5.48 Å². The molecule has 1 atom stereocenters. The summed E-state index contributed by atoms with van der Waals surface area (Å²) in [6.07, 6.45) is 1.92. The maximum atomic E-state index is 10.4. The van der Waals surface area contributed by atoms with Gasteiger partial charge in [-0.15, -0.1) is 0 Å². The third-order valence-corrected chi connectivity index (χ3v) is 1.39. The molecule has 66 valence electrons. The minimum absolute atomic E-state index is 0.422. The van der Waals surface area contributed by atoms with E-state index in [0.29, 0.717) is 19.4 Å². The van der Waals surface area contributed by atoms with Crippen LogP contribution >= 0.6 is 0 Å². The summed E-state index contributed by atoms with van der Waals surface area (Å²) < 4.78 is 6.31. The first-order valence-corrected chi connectivity index (χ1v) is 3.53. The van der Waals surface area contributed by atoms with E-state index in [-0.39, 0.29) is 0 Å². The Morgan fingerprint density at radius 1 is 1.73 bits per heavy atom. The van der Waals surface area contributed by atoms with Gasteiger partial charge in [0, 0.05) is 0 Å². The molecule has 0 aromatic carbocycles.